The number of ether oxygens (including phenoxy) is 3. The van der Waals surface area contributed by atoms with E-state index in [1.165, 1.54) is 26.4 Å². The fraction of sp³-hybridized carbons (Fsp3) is 0.632. The van der Waals surface area contributed by atoms with Gasteiger partial charge < -0.3 is 14.2 Å². The Balaban J connectivity index is 2.33. The Morgan fingerprint density at radius 1 is 0.880 bits per heavy atom. The van der Waals surface area contributed by atoms with Crippen LogP contribution >= 0.6 is 45.2 Å². The highest BCUT2D eigenvalue weighted by molar-refractivity contribution is 14.1. The van der Waals surface area contributed by atoms with Crippen LogP contribution in [-0.2, 0) is 9.53 Å². The molecule has 1 aromatic carbocycles. The van der Waals surface area contributed by atoms with Gasteiger partial charge in [0.1, 0.15) is 11.5 Å². The van der Waals surface area contributed by atoms with E-state index < -0.39 is 0 Å². The molecule has 4 nitrogen and oxygen atoms in total. The second-order valence-electron chi connectivity index (χ2n) is 5.86. The molecule has 0 fully saturated rings. The minimum Gasteiger partial charge on any atom is -0.492 e. The van der Waals surface area contributed by atoms with Crippen LogP contribution in [0.5, 0.6) is 11.5 Å². The average molecular weight is 574 g/mol. The molecule has 0 heterocycles. The number of hydrogen-bond donors (Lipinski definition) is 0. The van der Waals surface area contributed by atoms with E-state index in [1.54, 1.807) is 0 Å². The van der Waals surface area contributed by atoms with Crippen molar-refractivity contribution >= 4 is 51.2 Å². The minimum atomic E-state index is -0.143. The van der Waals surface area contributed by atoms with Gasteiger partial charge in [0.25, 0.3) is 0 Å². The average Bonchev–Trinajstić information content (AvgIpc) is 2.60. The largest absolute Gasteiger partial charge is 0.492 e. The summed E-state index contributed by atoms with van der Waals surface area (Å²) >= 11 is 4.59. The summed E-state index contributed by atoms with van der Waals surface area (Å²) in [5.41, 5.74) is 0. The quantitative estimate of drug-likeness (QED) is 0.166. The molecule has 0 amide bonds. The number of esters is 1. The number of methoxy groups -OCH3 is 1. The maximum Gasteiger partial charge on any atom is 0.305 e. The molecule has 0 N–H and O–H groups in total. The van der Waals surface area contributed by atoms with Gasteiger partial charge in [-0.15, -0.1) is 0 Å². The Kier molecular flexibility index (Phi) is 12.7. The molecule has 0 aliphatic heterocycles. The van der Waals surface area contributed by atoms with E-state index in [1.807, 2.05) is 6.07 Å². The van der Waals surface area contributed by atoms with E-state index in [2.05, 4.69) is 62.9 Å². The third-order valence-corrected chi connectivity index (χ3v) is 5.44. The van der Waals surface area contributed by atoms with Crippen LogP contribution in [0.4, 0.5) is 0 Å². The molecule has 0 aromatic heterocycles. The number of unbranched alkanes of at least 4 members (excludes halogenated alkanes) is 5. The maximum absolute atomic E-state index is 11.0. The van der Waals surface area contributed by atoms with Gasteiger partial charge in [-0.3, -0.25) is 4.79 Å². The summed E-state index contributed by atoms with van der Waals surface area (Å²) in [4.78, 5) is 11.0. The van der Waals surface area contributed by atoms with E-state index in [-0.39, 0.29) is 5.97 Å². The van der Waals surface area contributed by atoms with E-state index in [0.29, 0.717) is 13.0 Å². The number of benzene rings is 1. The van der Waals surface area contributed by atoms with Gasteiger partial charge in [0, 0.05) is 6.42 Å². The fourth-order valence-electron chi connectivity index (χ4n) is 2.27. The molecule has 6 heteroatoms. The van der Waals surface area contributed by atoms with Crippen molar-refractivity contribution < 1.29 is 19.0 Å². The van der Waals surface area contributed by atoms with Crippen LogP contribution < -0.4 is 9.47 Å². The summed E-state index contributed by atoms with van der Waals surface area (Å²) in [5.74, 6) is 1.69. The van der Waals surface area contributed by atoms with Crippen molar-refractivity contribution in [2.75, 3.05) is 20.3 Å². The first-order chi connectivity index (χ1) is 12.1. The Bertz CT molecular complexity index is 520. The minimum absolute atomic E-state index is 0.143. The van der Waals surface area contributed by atoms with Crippen LogP contribution in [-0.4, -0.2) is 26.3 Å². The summed E-state index contributed by atoms with van der Waals surface area (Å²) in [7, 11) is 1.42. The van der Waals surface area contributed by atoms with Gasteiger partial charge in [-0.1, -0.05) is 26.2 Å². The van der Waals surface area contributed by atoms with Crippen molar-refractivity contribution in [2.24, 2.45) is 0 Å². The fourth-order valence-corrected chi connectivity index (χ4v) is 3.46. The first-order valence-electron chi connectivity index (χ1n) is 8.90. The monoisotopic (exact) mass is 574 g/mol. The zero-order chi connectivity index (χ0) is 18.5. The molecule has 0 radical (unpaired) electrons. The Hall–Kier alpha value is -0.250. The summed E-state index contributed by atoms with van der Waals surface area (Å²) < 4.78 is 18.6. The molecule has 0 unspecified atom stereocenters. The number of halogens is 2. The molecule has 1 rings (SSSR count). The topological polar surface area (TPSA) is 44.8 Å². The molecule has 0 spiro atoms. The maximum atomic E-state index is 11.0. The standard InChI is InChI=1S/C19H28I2O4/c1-3-4-5-8-11-24-17-13-16(21)18(14-15(17)20)25-12-9-6-7-10-19(22)23-2/h13-14H,3-12H2,1-2H3. The Morgan fingerprint density at radius 2 is 1.40 bits per heavy atom. The summed E-state index contributed by atoms with van der Waals surface area (Å²) in [5, 5.41) is 0. The first-order valence-corrected chi connectivity index (χ1v) is 11.1. The summed E-state index contributed by atoms with van der Waals surface area (Å²) in [6, 6.07) is 4.09. The van der Waals surface area contributed by atoms with Crippen LogP contribution in [0.2, 0.25) is 0 Å². The number of hydrogen-bond acceptors (Lipinski definition) is 4. The lowest BCUT2D eigenvalue weighted by molar-refractivity contribution is -0.140. The van der Waals surface area contributed by atoms with E-state index in [4.69, 9.17) is 9.47 Å². The van der Waals surface area contributed by atoms with Gasteiger partial charge in [0.2, 0.25) is 0 Å². The number of carbonyl (C=O) groups is 1. The predicted octanol–water partition coefficient (Wildman–Crippen LogP) is 5.97. The smallest absolute Gasteiger partial charge is 0.305 e. The van der Waals surface area contributed by atoms with Crippen molar-refractivity contribution in [1.82, 2.24) is 0 Å². The highest BCUT2D eigenvalue weighted by atomic mass is 127. The van der Waals surface area contributed by atoms with Crippen molar-refractivity contribution in [3.63, 3.8) is 0 Å². The molecule has 142 valence electrons. The van der Waals surface area contributed by atoms with Crippen LogP contribution in [0.3, 0.4) is 0 Å². The van der Waals surface area contributed by atoms with Crippen LogP contribution in [0.25, 0.3) is 0 Å². The van der Waals surface area contributed by atoms with Gasteiger partial charge in [-0.25, -0.2) is 0 Å². The van der Waals surface area contributed by atoms with Gasteiger partial charge in [0.15, 0.2) is 0 Å². The van der Waals surface area contributed by atoms with Gasteiger partial charge in [-0.05, 0) is 83.0 Å². The molecule has 0 atom stereocenters. The molecule has 0 aliphatic carbocycles. The van der Waals surface area contributed by atoms with Gasteiger partial charge >= 0.3 is 5.97 Å². The van der Waals surface area contributed by atoms with Crippen molar-refractivity contribution in [1.29, 1.82) is 0 Å². The van der Waals surface area contributed by atoms with Gasteiger partial charge in [0.05, 0.1) is 27.5 Å². The zero-order valence-corrected chi connectivity index (χ0v) is 19.4. The van der Waals surface area contributed by atoms with Crippen LogP contribution in [0, 0.1) is 7.14 Å². The molecule has 0 bridgehead atoms. The lowest BCUT2D eigenvalue weighted by Gasteiger charge is -2.13. The Morgan fingerprint density at radius 3 is 1.88 bits per heavy atom. The van der Waals surface area contributed by atoms with Crippen LogP contribution in [0.1, 0.15) is 58.3 Å². The SMILES string of the molecule is CCCCCCOc1cc(I)c(OCCCCCC(=O)OC)cc1I. The molecular weight excluding hydrogens is 546 g/mol. The van der Waals surface area contributed by atoms with Gasteiger partial charge in [-0.2, -0.15) is 0 Å². The first kappa shape index (κ1) is 22.8. The predicted molar refractivity (Wildman–Crippen MR) is 117 cm³/mol. The number of rotatable bonds is 13. The lowest BCUT2D eigenvalue weighted by Crippen LogP contribution is -2.03. The van der Waals surface area contributed by atoms with E-state index >= 15 is 0 Å². The second kappa shape index (κ2) is 13.9. The van der Waals surface area contributed by atoms with Crippen LogP contribution in [0.15, 0.2) is 12.1 Å². The summed E-state index contributed by atoms with van der Waals surface area (Å²) in [6.45, 7) is 3.64. The van der Waals surface area contributed by atoms with E-state index in [0.717, 1.165) is 50.9 Å². The van der Waals surface area contributed by atoms with Crippen molar-refractivity contribution in [3.05, 3.63) is 19.3 Å². The zero-order valence-electron chi connectivity index (χ0n) is 15.1. The molecule has 25 heavy (non-hydrogen) atoms. The third-order valence-electron chi connectivity index (χ3n) is 3.75. The van der Waals surface area contributed by atoms with E-state index in [9.17, 15) is 4.79 Å². The molecular formula is C19H28I2O4. The normalized spacial score (nSPS) is 10.6. The highest BCUT2D eigenvalue weighted by Crippen LogP contribution is 2.31. The molecule has 0 saturated carbocycles. The third kappa shape index (κ3) is 9.86. The van der Waals surface area contributed by atoms with Crippen molar-refractivity contribution in [2.45, 2.75) is 58.3 Å². The molecule has 1 aromatic rings. The molecule has 0 saturated heterocycles. The summed E-state index contributed by atoms with van der Waals surface area (Å²) in [6.07, 6.45) is 8.05. The molecule has 0 aliphatic rings. The Labute approximate surface area is 178 Å². The highest BCUT2D eigenvalue weighted by Gasteiger charge is 2.09. The second-order valence-corrected chi connectivity index (χ2v) is 8.18. The lowest BCUT2D eigenvalue weighted by atomic mass is 10.2. The van der Waals surface area contributed by atoms with Crippen molar-refractivity contribution in [3.8, 4) is 11.5 Å². The number of carbonyl (C=O) groups excluding carboxylic acids is 1.